The molecule has 1 amide bonds. The molecule has 0 saturated heterocycles. The minimum atomic E-state index is -0.408. The first kappa shape index (κ1) is 19.0. The van der Waals surface area contributed by atoms with Crippen LogP contribution in [0.3, 0.4) is 0 Å². The van der Waals surface area contributed by atoms with Crippen LogP contribution in [0.2, 0.25) is 5.02 Å². The van der Waals surface area contributed by atoms with Crippen molar-refractivity contribution in [2.45, 2.75) is 20.4 Å². The number of nitrogens with zero attached hydrogens (tertiary/aromatic N) is 5. The Morgan fingerprint density at radius 2 is 1.86 bits per heavy atom. The second-order valence-corrected chi connectivity index (χ2v) is 7.09. The molecule has 0 N–H and O–H groups in total. The monoisotopic (exact) mass is 409 g/mol. The van der Waals surface area contributed by atoms with Gasteiger partial charge in [-0.25, -0.2) is 13.9 Å². The Kier molecular flexibility index (Phi) is 4.98. The summed E-state index contributed by atoms with van der Waals surface area (Å²) in [6.07, 6.45) is 0. The molecule has 0 radical (unpaired) electrons. The van der Waals surface area contributed by atoms with Crippen LogP contribution in [0.15, 0.2) is 54.6 Å². The zero-order valence-corrected chi connectivity index (χ0v) is 16.6. The van der Waals surface area contributed by atoms with Gasteiger partial charge in [0, 0.05) is 27.7 Å². The van der Waals surface area contributed by atoms with E-state index in [0.29, 0.717) is 27.9 Å². The molecule has 0 atom stereocenters. The minimum absolute atomic E-state index is 0.110. The molecular weight excluding hydrogens is 393 g/mol. The SMILES string of the molecule is Cc1cc(C)n2nc(CN(C(=O)c3ccc(F)cc3)c3cccc(Cl)c3)nc2n1. The van der Waals surface area contributed by atoms with Crippen LogP contribution in [0.1, 0.15) is 27.6 Å². The summed E-state index contributed by atoms with van der Waals surface area (Å²) in [5, 5.41) is 4.98. The zero-order chi connectivity index (χ0) is 20.5. The summed E-state index contributed by atoms with van der Waals surface area (Å²) in [6.45, 7) is 3.91. The molecule has 146 valence electrons. The lowest BCUT2D eigenvalue weighted by Crippen LogP contribution is -2.31. The average molecular weight is 410 g/mol. The quantitative estimate of drug-likeness (QED) is 0.501. The number of carbonyl (C=O) groups excluding carboxylic acids is 1. The molecule has 0 bridgehead atoms. The van der Waals surface area contributed by atoms with Gasteiger partial charge in [-0.1, -0.05) is 17.7 Å². The van der Waals surface area contributed by atoms with E-state index in [4.69, 9.17) is 11.6 Å². The Labute approximate surface area is 171 Å². The van der Waals surface area contributed by atoms with E-state index in [0.717, 1.165) is 11.4 Å². The number of fused-ring (bicyclic) bond motifs is 1. The lowest BCUT2D eigenvalue weighted by Gasteiger charge is -2.22. The second-order valence-electron chi connectivity index (χ2n) is 6.66. The van der Waals surface area contributed by atoms with E-state index in [9.17, 15) is 9.18 Å². The van der Waals surface area contributed by atoms with E-state index in [1.54, 1.807) is 28.8 Å². The molecule has 4 rings (SSSR count). The average Bonchev–Trinajstić information content (AvgIpc) is 3.09. The fourth-order valence-electron chi connectivity index (χ4n) is 3.09. The van der Waals surface area contributed by atoms with Crippen molar-refractivity contribution in [2.75, 3.05) is 4.90 Å². The highest BCUT2D eigenvalue weighted by atomic mass is 35.5. The largest absolute Gasteiger partial charge is 0.301 e. The van der Waals surface area contributed by atoms with Crippen LogP contribution in [0.5, 0.6) is 0 Å². The highest BCUT2D eigenvalue weighted by molar-refractivity contribution is 6.31. The molecule has 2 aromatic heterocycles. The summed E-state index contributed by atoms with van der Waals surface area (Å²) in [5.74, 6) is 0.182. The summed E-state index contributed by atoms with van der Waals surface area (Å²) < 4.78 is 14.9. The van der Waals surface area contributed by atoms with E-state index < -0.39 is 5.82 Å². The maximum Gasteiger partial charge on any atom is 0.258 e. The smallest absolute Gasteiger partial charge is 0.258 e. The van der Waals surface area contributed by atoms with Crippen molar-refractivity contribution < 1.29 is 9.18 Å². The standard InChI is InChI=1S/C21H17ClFN5O/c1-13-10-14(2)28-21(24-13)25-19(26-28)12-27(18-5-3-4-16(22)11-18)20(29)15-6-8-17(23)9-7-15/h3-11H,12H2,1-2H3. The molecule has 2 heterocycles. The van der Waals surface area contributed by atoms with Crippen LogP contribution in [0.4, 0.5) is 10.1 Å². The lowest BCUT2D eigenvalue weighted by molar-refractivity contribution is 0.0984. The van der Waals surface area contributed by atoms with Crippen molar-refractivity contribution in [3.8, 4) is 0 Å². The summed E-state index contributed by atoms with van der Waals surface area (Å²) in [6, 6.07) is 14.3. The van der Waals surface area contributed by atoms with Gasteiger partial charge in [-0.2, -0.15) is 4.98 Å². The van der Waals surface area contributed by atoms with E-state index in [2.05, 4.69) is 15.1 Å². The fraction of sp³-hybridized carbons (Fsp3) is 0.143. The molecule has 0 spiro atoms. The van der Waals surface area contributed by atoms with Gasteiger partial charge in [-0.05, 0) is 62.4 Å². The van der Waals surface area contributed by atoms with Crippen molar-refractivity contribution in [1.29, 1.82) is 0 Å². The summed E-state index contributed by atoms with van der Waals surface area (Å²) in [5.41, 5.74) is 2.67. The molecule has 0 saturated carbocycles. The number of carbonyl (C=O) groups is 1. The molecule has 2 aromatic carbocycles. The Hall–Kier alpha value is -3.32. The Morgan fingerprint density at radius 3 is 2.59 bits per heavy atom. The molecule has 0 aliphatic heterocycles. The van der Waals surface area contributed by atoms with Crippen LogP contribution in [-0.2, 0) is 6.54 Å². The van der Waals surface area contributed by atoms with Gasteiger partial charge in [0.25, 0.3) is 11.7 Å². The highest BCUT2D eigenvalue weighted by Gasteiger charge is 2.21. The molecule has 0 unspecified atom stereocenters. The third-order valence-electron chi connectivity index (χ3n) is 4.42. The van der Waals surface area contributed by atoms with E-state index in [1.807, 2.05) is 19.9 Å². The van der Waals surface area contributed by atoms with E-state index >= 15 is 0 Å². The van der Waals surface area contributed by atoms with E-state index in [-0.39, 0.29) is 12.5 Å². The zero-order valence-electron chi connectivity index (χ0n) is 15.8. The van der Waals surface area contributed by atoms with Gasteiger partial charge in [-0.15, -0.1) is 5.10 Å². The van der Waals surface area contributed by atoms with Crippen molar-refractivity contribution >= 4 is 29.0 Å². The Morgan fingerprint density at radius 1 is 1.10 bits per heavy atom. The summed E-state index contributed by atoms with van der Waals surface area (Å²) >= 11 is 6.13. The molecular formula is C21H17ClFN5O. The van der Waals surface area contributed by atoms with Crippen molar-refractivity contribution in [1.82, 2.24) is 19.6 Å². The van der Waals surface area contributed by atoms with Gasteiger partial charge in [0.05, 0.1) is 6.54 Å². The molecule has 0 aliphatic rings. The number of benzene rings is 2. The van der Waals surface area contributed by atoms with Gasteiger partial charge >= 0.3 is 0 Å². The van der Waals surface area contributed by atoms with Gasteiger partial charge in [0.15, 0.2) is 5.82 Å². The number of amides is 1. The van der Waals surface area contributed by atoms with Crippen LogP contribution in [0.25, 0.3) is 5.78 Å². The maximum absolute atomic E-state index is 13.3. The minimum Gasteiger partial charge on any atom is -0.301 e. The molecule has 0 fully saturated rings. The normalized spacial score (nSPS) is 11.0. The molecule has 8 heteroatoms. The maximum atomic E-state index is 13.3. The van der Waals surface area contributed by atoms with Gasteiger partial charge < -0.3 is 4.90 Å². The first-order chi connectivity index (χ1) is 13.9. The number of aromatic nitrogens is 4. The number of hydrogen-bond acceptors (Lipinski definition) is 4. The predicted octanol–water partition coefficient (Wildman–Crippen LogP) is 4.38. The number of hydrogen-bond donors (Lipinski definition) is 0. The Bertz CT molecular complexity index is 1210. The topological polar surface area (TPSA) is 63.4 Å². The highest BCUT2D eigenvalue weighted by Crippen LogP contribution is 2.23. The van der Waals surface area contributed by atoms with Gasteiger partial charge in [-0.3, -0.25) is 4.79 Å². The third-order valence-corrected chi connectivity index (χ3v) is 4.65. The molecule has 6 nitrogen and oxygen atoms in total. The summed E-state index contributed by atoms with van der Waals surface area (Å²) in [7, 11) is 0. The van der Waals surface area contributed by atoms with Crippen molar-refractivity contribution in [2.24, 2.45) is 0 Å². The van der Waals surface area contributed by atoms with Gasteiger partial charge in [0.1, 0.15) is 5.82 Å². The molecule has 0 aliphatic carbocycles. The number of aryl methyl sites for hydroxylation is 2. The van der Waals surface area contributed by atoms with Crippen LogP contribution < -0.4 is 4.90 Å². The number of anilines is 1. The van der Waals surface area contributed by atoms with Crippen molar-refractivity contribution in [3.05, 3.63) is 88.2 Å². The van der Waals surface area contributed by atoms with Gasteiger partial charge in [0.2, 0.25) is 0 Å². The second kappa shape index (κ2) is 7.60. The molecule has 29 heavy (non-hydrogen) atoms. The first-order valence-electron chi connectivity index (χ1n) is 8.93. The van der Waals surface area contributed by atoms with Crippen LogP contribution in [0, 0.1) is 19.7 Å². The Balaban J connectivity index is 1.75. The number of rotatable bonds is 4. The van der Waals surface area contributed by atoms with Crippen LogP contribution >= 0.6 is 11.6 Å². The number of halogens is 2. The van der Waals surface area contributed by atoms with E-state index in [1.165, 1.54) is 29.2 Å². The fourth-order valence-corrected chi connectivity index (χ4v) is 3.27. The summed E-state index contributed by atoms with van der Waals surface area (Å²) in [4.78, 5) is 23.6. The van der Waals surface area contributed by atoms with Crippen LogP contribution in [-0.4, -0.2) is 25.5 Å². The lowest BCUT2D eigenvalue weighted by atomic mass is 10.1. The first-order valence-corrected chi connectivity index (χ1v) is 9.31. The predicted molar refractivity (Wildman–Crippen MR) is 109 cm³/mol. The van der Waals surface area contributed by atoms with Crippen molar-refractivity contribution in [3.63, 3.8) is 0 Å². The molecule has 4 aromatic rings. The third kappa shape index (κ3) is 3.95.